The molecule has 122 valence electrons. The molecule has 1 amide bonds. The molecule has 1 aromatic carbocycles. The molecule has 1 aromatic heterocycles. The van der Waals surface area contributed by atoms with Crippen molar-refractivity contribution in [3.63, 3.8) is 0 Å². The lowest BCUT2D eigenvalue weighted by Crippen LogP contribution is -2.31. The zero-order valence-electron chi connectivity index (χ0n) is 12.2. The van der Waals surface area contributed by atoms with Gasteiger partial charge in [-0.15, -0.1) is 0 Å². The Labute approximate surface area is 143 Å². The number of aromatic amines is 1. The van der Waals surface area contributed by atoms with E-state index in [0.29, 0.717) is 27.8 Å². The molecule has 0 fully saturated rings. The molecule has 2 heterocycles. The molecule has 1 atom stereocenters. The van der Waals surface area contributed by atoms with Crippen molar-refractivity contribution in [3.05, 3.63) is 50.8 Å². The normalized spacial score (nSPS) is 15.1. The zero-order valence-corrected chi connectivity index (χ0v) is 13.7. The molecule has 0 spiro atoms. The van der Waals surface area contributed by atoms with Crippen LogP contribution in [-0.2, 0) is 13.0 Å². The van der Waals surface area contributed by atoms with Crippen LogP contribution in [0.2, 0.25) is 10.0 Å². The minimum absolute atomic E-state index is 0.0462. The molecule has 6 nitrogen and oxygen atoms in total. The number of hydrogen-bond acceptors (Lipinski definition) is 4. The van der Waals surface area contributed by atoms with Gasteiger partial charge in [0.25, 0.3) is 5.91 Å². The first-order valence-corrected chi connectivity index (χ1v) is 7.99. The van der Waals surface area contributed by atoms with Gasteiger partial charge in [0.15, 0.2) is 5.69 Å². The van der Waals surface area contributed by atoms with Crippen LogP contribution >= 0.6 is 23.2 Å². The van der Waals surface area contributed by atoms with Crippen LogP contribution in [0.15, 0.2) is 18.2 Å². The first-order chi connectivity index (χ1) is 11.0. The van der Waals surface area contributed by atoms with Crippen molar-refractivity contribution < 1.29 is 9.90 Å². The summed E-state index contributed by atoms with van der Waals surface area (Å²) in [6.45, 7) is 1.52. The van der Waals surface area contributed by atoms with E-state index in [4.69, 9.17) is 23.2 Å². The van der Waals surface area contributed by atoms with Gasteiger partial charge >= 0.3 is 0 Å². The Morgan fingerprint density at radius 3 is 2.83 bits per heavy atom. The van der Waals surface area contributed by atoms with Crippen molar-refractivity contribution in [3.8, 4) is 0 Å². The second-order valence-corrected chi connectivity index (χ2v) is 6.26. The zero-order chi connectivity index (χ0) is 16.4. The number of carbonyl (C=O) groups excluding carboxylic acids is 1. The number of aliphatic hydroxyl groups excluding tert-OH is 1. The van der Waals surface area contributed by atoms with Crippen LogP contribution in [0, 0.1) is 0 Å². The van der Waals surface area contributed by atoms with E-state index < -0.39 is 6.10 Å². The van der Waals surface area contributed by atoms with E-state index in [1.165, 1.54) is 0 Å². The molecule has 2 aromatic rings. The number of rotatable bonds is 4. The summed E-state index contributed by atoms with van der Waals surface area (Å²) in [5, 5.41) is 23.9. The van der Waals surface area contributed by atoms with Gasteiger partial charge in [-0.3, -0.25) is 9.89 Å². The number of nitrogens with zero attached hydrogens (tertiary/aromatic N) is 1. The Hall–Kier alpha value is -1.60. The van der Waals surface area contributed by atoms with Crippen LogP contribution in [0.1, 0.15) is 33.4 Å². The standard InChI is InChI=1S/C15H16Cl2N4O2/c16-9-3-8(4-10(17)5-9)13(22)7-19-15(23)14-11-6-18-2-1-12(11)20-21-14/h3-5,13,18,22H,1-2,6-7H2,(H,19,23)(H,20,21). The number of benzene rings is 1. The smallest absolute Gasteiger partial charge is 0.272 e. The van der Waals surface area contributed by atoms with Gasteiger partial charge in [0.05, 0.1) is 6.10 Å². The number of hydrogen-bond donors (Lipinski definition) is 4. The highest BCUT2D eigenvalue weighted by Gasteiger charge is 2.22. The highest BCUT2D eigenvalue weighted by Crippen LogP contribution is 2.23. The van der Waals surface area contributed by atoms with Gasteiger partial charge in [0, 0.05) is 47.4 Å². The van der Waals surface area contributed by atoms with Gasteiger partial charge in [0.1, 0.15) is 0 Å². The van der Waals surface area contributed by atoms with Crippen LogP contribution in [0.4, 0.5) is 0 Å². The monoisotopic (exact) mass is 354 g/mol. The second kappa shape index (κ2) is 6.88. The predicted molar refractivity (Wildman–Crippen MR) is 87.8 cm³/mol. The molecule has 0 bridgehead atoms. The van der Waals surface area contributed by atoms with Crippen LogP contribution in [-0.4, -0.2) is 34.3 Å². The minimum Gasteiger partial charge on any atom is -0.387 e. The quantitative estimate of drug-likeness (QED) is 0.674. The number of aliphatic hydroxyl groups is 1. The molecule has 4 N–H and O–H groups in total. The number of nitrogens with one attached hydrogen (secondary N) is 3. The Morgan fingerprint density at radius 2 is 2.09 bits per heavy atom. The second-order valence-electron chi connectivity index (χ2n) is 5.38. The van der Waals surface area contributed by atoms with Crippen LogP contribution in [0.3, 0.4) is 0 Å². The Bertz CT molecular complexity index is 712. The molecular formula is C15H16Cl2N4O2. The Balaban J connectivity index is 1.65. The first kappa shape index (κ1) is 16.3. The average molecular weight is 355 g/mol. The summed E-state index contributed by atoms with van der Waals surface area (Å²) >= 11 is 11.8. The lowest BCUT2D eigenvalue weighted by molar-refractivity contribution is 0.0910. The molecule has 0 radical (unpaired) electrons. The molecule has 0 saturated carbocycles. The number of H-pyrrole nitrogens is 1. The highest BCUT2D eigenvalue weighted by molar-refractivity contribution is 6.34. The van der Waals surface area contributed by atoms with Gasteiger partial charge in [-0.1, -0.05) is 23.2 Å². The maximum atomic E-state index is 12.3. The van der Waals surface area contributed by atoms with Gasteiger partial charge in [-0.2, -0.15) is 5.10 Å². The van der Waals surface area contributed by atoms with Crippen molar-refractivity contribution in [2.24, 2.45) is 0 Å². The molecule has 1 unspecified atom stereocenters. The van der Waals surface area contributed by atoms with E-state index in [0.717, 1.165) is 24.2 Å². The summed E-state index contributed by atoms with van der Waals surface area (Å²) < 4.78 is 0. The van der Waals surface area contributed by atoms with Gasteiger partial charge in [0.2, 0.25) is 0 Å². The van der Waals surface area contributed by atoms with Crippen LogP contribution in [0.5, 0.6) is 0 Å². The molecule has 0 aliphatic carbocycles. The van der Waals surface area contributed by atoms with E-state index in [9.17, 15) is 9.90 Å². The summed E-state index contributed by atoms with van der Waals surface area (Å²) in [4.78, 5) is 12.3. The average Bonchev–Trinajstić information content (AvgIpc) is 2.95. The molecule has 23 heavy (non-hydrogen) atoms. The third-order valence-corrected chi connectivity index (χ3v) is 4.18. The van der Waals surface area contributed by atoms with E-state index in [1.807, 2.05) is 0 Å². The fourth-order valence-electron chi connectivity index (χ4n) is 2.57. The summed E-state index contributed by atoms with van der Waals surface area (Å²) in [5.41, 5.74) is 2.78. The number of amides is 1. The SMILES string of the molecule is O=C(NCC(O)c1cc(Cl)cc(Cl)c1)c1n[nH]c2c1CNCC2. The van der Waals surface area contributed by atoms with Gasteiger partial charge in [-0.05, 0) is 23.8 Å². The minimum atomic E-state index is -0.900. The molecule has 8 heteroatoms. The van der Waals surface area contributed by atoms with Crippen molar-refractivity contribution in [1.29, 1.82) is 0 Å². The first-order valence-electron chi connectivity index (χ1n) is 7.23. The summed E-state index contributed by atoms with van der Waals surface area (Å²) in [6.07, 6.45) is -0.0813. The van der Waals surface area contributed by atoms with Crippen LogP contribution < -0.4 is 10.6 Å². The molecule has 0 saturated heterocycles. The number of halogens is 2. The van der Waals surface area contributed by atoms with E-state index in [2.05, 4.69) is 20.8 Å². The molecular weight excluding hydrogens is 339 g/mol. The highest BCUT2D eigenvalue weighted by atomic mass is 35.5. The summed E-state index contributed by atoms with van der Waals surface area (Å²) in [6, 6.07) is 4.82. The van der Waals surface area contributed by atoms with Crippen molar-refractivity contribution in [1.82, 2.24) is 20.8 Å². The van der Waals surface area contributed by atoms with Crippen molar-refractivity contribution >= 4 is 29.1 Å². The Morgan fingerprint density at radius 1 is 1.35 bits per heavy atom. The maximum Gasteiger partial charge on any atom is 0.272 e. The number of fused-ring (bicyclic) bond motifs is 1. The third-order valence-electron chi connectivity index (χ3n) is 3.75. The number of carbonyl (C=O) groups is 1. The van der Waals surface area contributed by atoms with Gasteiger partial charge < -0.3 is 15.7 Å². The lowest BCUT2D eigenvalue weighted by atomic mass is 10.1. The fourth-order valence-corrected chi connectivity index (χ4v) is 3.11. The van der Waals surface area contributed by atoms with Crippen LogP contribution in [0.25, 0.3) is 0 Å². The predicted octanol–water partition coefficient (Wildman–Crippen LogP) is 1.83. The van der Waals surface area contributed by atoms with Crippen molar-refractivity contribution in [2.75, 3.05) is 13.1 Å². The lowest BCUT2D eigenvalue weighted by Gasteiger charge is -2.14. The summed E-state index contributed by atoms with van der Waals surface area (Å²) in [7, 11) is 0. The topological polar surface area (TPSA) is 90.0 Å². The van der Waals surface area contributed by atoms with E-state index in [1.54, 1.807) is 18.2 Å². The molecule has 1 aliphatic heterocycles. The Kier molecular flexibility index (Phi) is 4.87. The number of aromatic nitrogens is 2. The largest absolute Gasteiger partial charge is 0.387 e. The van der Waals surface area contributed by atoms with Gasteiger partial charge in [-0.25, -0.2) is 0 Å². The third kappa shape index (κ3) is 3.67. The summed E-state index contributed by atoms with van der Waals surface area (Å²) in [5.74, 6) is -0.321. The molecule has 1 aliphatic rings. The fraction of sp³-hybridized carbons (Fsp3) is 0.333. The van der Waals surface area contributed by atoms with Crippen molar-refractivity contribution in [2.45, 2.75) is 19.1 Å². The molecule has 3 rings (SSSR count). The van der Waals surface area contributed by atoms with E-state index >= 15 is 0 Å². The van der Waals surface area contributed by atoms with E-state index in [-0.39, 0.29) is 12.5 Å². The maximum absolute atomic E-state index is 12.3.